The summed E-state index contributed by atoms with van der Waals surface area (Å²) in [4.78, 5) is 24.1. The number of fused-ring (bicyclic) bond motifs is 1. The first-order valence-electron chi connectivity index (χ1n) is 12.0. The molecule has 4 aromatic rings. The molecule has 0 bridgehead atoms. The zero-order valence-corrected chi connectivity index (χ0v) is 20.4. The number of nitrogen functional groups attached to an aromatic ring is 2. The van der Waals surface area contributed by atoms with E-state index in [2.05, 4.69) is 37.3 Å². The highest BCUT2D eigenvalue weighted by atomic mass is 16.5. The monoisotopic (exact) mass is 486 g/mol. The largest absolute Gasteiger partial charge is 0.496 e. The SMILES string of the molecule is COc1cc(-c2cc(N3CC(C(=O)NCc4ccccc4)CCC3C)nc(N)n2)cc2[nH]nc(N)c12. The number of ether oxygens (including phenoxy) is 1. The van der Waals surface area contributed by atoms with Crippen LogP contribution in [0.1, 0.15) is 25.3 Å². The maximum Gasteiger partial charge on any atom is 0.225 e. The van der Waals surface area contributed by atoms with Crippen LogP contribution < -0.4 is 26.4 Å². The average Bonchev–Trinajstić information content (AvgIpc) is 3.28. The van der Waals surface area contributed by atoms with Crippen LogP contribution >= 0.6 is 0 Å². The van der Waals surface area contributed by atoms with E-state index in [1.165, 1.54) is 0 Å². The van der Waals surface area contributed by atoms with Crippen LogP contribution in [0.3, 0.4) is 0 Å². The molecule has 1 aliphatic rings. The number of aromatic nitrogens is 4. The third kappa shape index (κ3) is 4.61. The molecule has 1 amide bonds. The highest BCUT2D eigenvalue weighted by Gasteiger charge is 2.31. The molecule has 186 valence electrons. The van der Waals surface area contributed by atoms with Crippen molar-refractivity contribution < 1.29 is 9.53 Å². The van der Waals surface area contributed by atoms with Gasteiger partial charge in [0.1, 0.15) is 11.6 Å². The lowest BCUT2D eigenvalue weighted by Gasteiger charge is -2.38. The number of methoxy groups -OCH3 is 1. The minimum Gasteiger partial charge on any atom is -0.496 e. The zero-order valence-electron chi connectivity index (χ0n) is 20.4. The molecule has 1 fully saturated rings. The Hall–Kier alpha value is -4.34. The first kappa shape index (κ1) is 23.4. The van der Waals surface area contributed by atoms with E-state index in [1.54, 1.807) is 7.11 Å². The van der Waals surface area contributed by atoms with Crippen molar-refractivity contribution in [2.45, 2.75) is 32.4 Å². The molecule has 0 aliphatic carbocycles. The van der Waals surface area contributed by atoms with Crippen molar-refractivity contribution in [3.05, 3.63) is 54.1 Å². The second kappa shape index (κ2) is 9.73. The van der Waals surface area contributed by atoms with Gasteiger partial charge in [-0.15, -0.1) is 0 Å². The van der Waals surface area contributed by atoms with Crippen molar-refractivity contribution in [3.63, 3.8) is 0 Å². The molecule has 3 heterocycles. The maximum absolute atomic E-state index is 13.0. The van der Waals surface area contributed by atoms with Crippen LogP contribution in [0.2, 0.25) is 0 Å². The van der Waals surface area contributed by atoms with Gasteiger partial charge in [0.25, 0.3) is 0 Å². The highest BCUT2D eigenvalue weighted by Crippen LogP contribution is 2.35. The van der Waals surface area contributed by atoms with Crippen molar-refractivity contribution in [1.29, 1.82) is 0 Å². The number of carbonyl (C=O) groups excluding carboxylic acids is 1. The lowest BCUT2D eigenvalue weighted by molar-refractivity contribution is -0.125. The molecule has 5 rings (SSSR count). The van der Waals surface area contributed by atoms with Gasteiger partial charge in [-0.25, -0.2) is 4.98 Å². The first-order chi connectivity index (χ1) is 17.4. The van der Waals surface area contributed by atoms with Crippen LogP contribution in [-0.2, 0) is 11.3 Å². The van der Waals surface area contributed by atoms with Crippen LogP contribution in [-0.4, -0.2) is 45.8 Å². The molecule has 1 aliphatic heterocycles. The topological polar surface area (TPSA) is 148 Å². The van der Waals surface area contributed by atoms with Gasteiger partial charge in [-0.1, -0.05) is 30.3 Å². The third-order valence-corrected chi connectivity index (χ3v) is 6.76. The number of nitrogens with two attached hydrogens (primary N) is 2. The van der Waals surface area contributed by atoms with Gasteiger partial charge in [-0.05, 0) is 37.5 Å². The van der Waals surface area contributed by atoms with Crippen molar-refractivity contribution in [2.24, 2.45) is 5.92 Å². The minimum atomic E-state index is -0.144. The van der Waals surface area contributed by atoms with E-state index < -0.39 is 0 Å². The molecule has 2 aromatic heterocycles. The standard InChI is InChI=1S/C26H30N8O2/c1-15-8-9-17(25(35)29-13-16-6-4-3-5-7-16)14-34(15)22-12-19(30-26(28)31-22)18-10-20-23(21(11-18)36-2)24(27)33-32-20/h3-7,10-12,15,17H,8-9,13-14H2,1-2H3,(H,29,35)(H3,27,32,33)(H2,28,30,31). The smallest absolute Gasteiger partial charge is 0.225 e. The number of hydrogen-bond donors (Lipinski definition) is 4. The van der Waals surface area contributed by atoms with Crippen LogP contribution in [0.25, 0.3) is 22.2 Å². The predicted octanol–water partition coefficient (Wildman–Crippen LogP) is 3.11. The number of carbonyl (C=O) groups is 1. The molecule has 0 radical (unpaired) electrons. The normalized spacial score (nSPS) is 17.8. The number of aromatic amines is 1. The van der Waals surface area contributed by atoms with Gasteiger partial charge in [-0.2, -0.15) is 10.1 Å². The van der Waals surface area contributed by atoms with Gasteiger partial charge in [0, 0.05) is 30.8 Å². The average molecular weight is 487 g/mol. The van der Waals surface area contributed by atoms with Gasteiger partial charge in [0.15, 0.2) is 5.82 Å². The summed E-state index contributed by atoms with van der Waals surface area (Å²) >= 11 is 0. The predicted molar refractivity (Wildman–Crippen MR) is 140 cm³/mol. The lowest BCUT2D eigenvalue weighted by atomic mass is 9.92. The van der Waals surface area contributed by atoms with Crippen molar-refractivity contribution in [1.82, 2.24) is 25.5 Å². The summed E-state index contributed by atoms with van der Waals surface area (Å²) in [5.41, 5.74) is 15.4. The number of nitrogens with one attached hydrogen (secondary N) is 2. The van der Waals surface area contributed by atoms with Crippen LogP contribution in [0.15, 0.2) is 48.5 Å². The Morgan fingerprint density at radius 2 is 1.97 bits per heavy atom. The summed E-state index contributed by atoms with van der Waals surface area (Å²) in [5.74, 6) is 1.71. The number of benzene rings is 2. The Morgan fingerprint density at radius 3 is 2.75 bits per heavy atom. The highest BCUT2D eigenvalue weighted by molar-refractivity contribution is 5.97. The zero-order chi connectivity index (χ0) is 25.2. The maximum atomic E-state index is 13.0. The van der Waals surface area contributed by atoms with Gasteiger partial charge >= 0.3 is 0 Å². The Kier molecular flexibility index (Phi) is 6.32. The molecule has 6 N–H and O–H groups in total. The molecule has 0 saturated carbocycles. The Bertz CT molecular complexity index is 1390. The molecule has 36 heavy (non-hydrogen) atoms. The number of nitrogens with zero attached hydrogens (tertiary/aromatic N) is 4. The van der Waals surface area contributed by atoms with Gasteiger partial charge in [-0.3, -0.25) is 9.89 Å². The van der Waals surface area contributed by atoms with E-state index in [4.69, 9.17) is 16.2 Å². The number of amides is 1. The number of hydrogen-bond acceptors (Lipinski definition) is 8. The number of H-pyrrole nitrogens is 1. The van der Waals surface area contributed by atoms with E-state index in [0.717, 1.165) is 34.9 Å². The number of piperidine rings is 1. The second-order valence-corrected chi connectivity index (χ2v) is 9.16. The quantitative estimate of drug-likeness (QED) is 0.325. The molecule has 10 nitrogen and oxygen atoms in total. The van der Waals surface area contributed by atoms with E-state index in [-0.39, 0.29) is 23.8 Å². The molecular formula is C26H30N8O2. The van der Waals surface area contributed by atoms with Gasteiger partial charge < -0.3 is 26.4 Å². The van der Waals surface area contributed by atoms with E-state index in [0.29, 0.717) is 36.2 Å². The molecule has 10 heteroatoms. The summed E-state index contributed by atoms with van der Waals surface area (Å²) in [5, 5.41) is 10.8. The summed E-state index contributed by atoms with van der Waals surface area (Å²) in [6.07, 6.45) is 1.69. The molecule has 2 aromatic carbocycles. The summed E-state index contributed by atoms with van der Waals surface area (Å²) in [7, 11) is 1.59. The number of anilines is 3. The van der Waals surface area contributed by atoms with Crippen molar-refractivity contribution in [2.75, 3.05) is 30.0 Å². The summed E-state index contributed by atoms with van der Waals surface area (Å²) in [6.45, 7) is 3.20. The minimum absolute atomic E-state index is 0.0463. The van der Waals surface area contributed by atoms with Crippen molar-refractivity contribution >= 4 is 34.4 Å². The Labute approximate surface area is 209 Å². The second-order valence-electron chi connectivity index (χ2n) is 9.16. The first-order valence-corrected chi connectivity index (χ1v) is 12.0. The fourth-order valence-corrected chi connectivity index (χ4v) is 4.77. The third-order valence-electron chi connectivity index (χ3n) is 6.76. The Balaban J connectivity index is 1.40. The van der Waals surface area contributed by atoms with Gasteiger partial charge in [0.2, 0.25) is 11.9 Å². The van der Waals surface area contributed by atoms with Crippen molar-refractivity contribution in [3.8, 4) is 17.0 Å². The van der Waals surface area contributed by atoms with Gasteiger partial charge in [0.05, 0.1) is 29.6 Å². The van der Waals surface area contributed by atoms with E-state index >= 15 is 0 Å². The van der Waals surface area contributed by atoms with Crippen LogP contribution in [0.5, 0.6) is 5.75 Å². The molecular weight excluding hydrogens is 456 g/mol. The fraction of sp³-hybridized carbons (Fsp3) is 0.308. The molecule has 2 atom stereocenters. The molecule has 0 spiro atoms. The fourth-order valence-electron chi connectivity index (χ4n) is 4.77. The Morgan fingerprint density at radius 1 is 1.17 bits per heavy atom. The summed E-state index contributed by atoms with van der Waals surface area (Å²) in [6, 6.07) is 15.8. The molecule has 2 unspecified atom stereocenters. The summed E-state index contributed by atoms with van der Waals surface area (Å²) < 4.78 is 5.55. The number of rotatable bonds is 6. The van der Waals surface area contributed by atoms with E-state index in [9.17, 15) is 4.79 Å². The van der Waals surface area contributed by atoms with E-state index in [1.807, 2.05) is 48.5 Å². The van der Waals surface area contributed by atoms with Crippen LogP contribution in [0, 0.1) is 5.92 Å². The molecule has 1 saturated heterocycles. The lowest BCUT2D eigenvalue weighted by Crippen LogP contribution is -2.47. The van der Waals surface area contributed by atoms with Crippen LogP contribution in [0.4, 0.5) is 17.6 Å².